The number of hydrogen-bond donors (Lipinski definition) is 0. The quantitative estimate of drug-likeness (QED) is 0.549. The number of allylic oxidation sites excluding steroid dienone is 2. The summed E-state index contributed by atoms with van der Waals surface area (Å²) in [5.74, 6) is 1.52. The SMILES string of the molecule is CC=CC1CCC(C2CCC(c3ccc(F)c(F)c3)CC2)CC1. The standard InChI is InChI=1S/C21H28F2/c1-2-3-15-4-6-16(7-5-15)17-8-10-18(11-9-17)19-12-13-20(22)21(23)14-19/h2-3,12-18H,4-11H2,1H3. The highest BCUT2D eigenvalue weighted by molar-refractivity contribution is 5.22. The predicted molar refractivity (Wildman–Crippen MR) is 91.3 cm³/mol. The maximum absolute atomic E-state index is 13.4. The van der Waals surface area contributed by atoms with Crippen molar-refractivity contribution < 1.29 is 8.78 Å². The molecule has 3 rings (SSSR count). The molecule has 0 spiro atoms. The van der Waals surface area contributed by atoms with Crippen molar-refractivity contribution in [3.8, 4) is 0 Å². The summed E-state index contributed by atoms with van der Waals surface area (Å²) in [5.41, 5.74) is 0.985. The average Bonchev–Trinajstić information content (AvgIpc) is 2.59. The van der Waals surface area contributed by atoms with Gasteiger partial charge in [0.1, 0.15) is 0 Å². The molecule has 0 saturated heterocycles. The van der Waals surface area contributed by atoms with Crippen molar-refractivity contribution in [3.63, 3.8) is 0 Å². The van der Waals surface area contributed by atoms with Gasteiger partial charge in [-0.1, -0.05) is 18.2 Å². The molecule has 0 atom stereocenters. The fourth-order valence-electron chi connectivity index (χ4n) is 4.77. The minimum atomic E-state index is -0.736. The molecule has 2 aliphatic carbocycles. The van der Waals surface area contributed by atoms with Gasteiger partial charge in [0.15, 0.2) is 11.6 Å². The second-order valence-corrected chi connectivity index (χ2v) is 7.49. The molecule has 23 heavy (non-hydrogen) atoms. The van der Waals surface area contributed by atoms with Crippen LogP contribution in [0.25, 0.3) is 0 Å². The summed E-state index contributed by atoms with van der Waals surface area (Å²) in [6, 6.07) is 4.45. The van der Waals surface area contributed by atoms with Crippen LogP contribution in [0.4, 0.5) is 8.78 Å². The smallest absolute Gasteiger partial charge is 0.159 e. The van der Waals surface area contributed by atoms with Gasteiger partial charge < -0.3 is 0 Å². The summed E-state index contributed by atoms with van der Waals surface area (Å²) in [5, 5.41) is 0. The molecular formula is C21H28F2. The fourth-order valence-corrected chi connectivity index (χ4v) is 4.77. The monoisotopic (exact) mass is 318 g/mol. The van der Waals surface area contributed by atoms with Gasteiger partial charge >= 0.3 is 0 Å². The highest BCUT2D eigenvalue weighted by Gasteiger charge is 2.30. The van der Waals surface area contributed by atoms with E-state index in [1.807, 2.05) is 0 Å². The van der Waals surface area contributed by atoms with E-state index in [2.05, 4.69) is 19.1 Å². The Morgan fingerprint density at radius 2 is 1.43 bits per heavy atom. The van der Waals surface area contributed by atoms with Crippen LogP contribution < -0.4 is 0 Å². The van der Waals surface area contributed by atoms with Crippen LogP contribution in [0.2, 0.25) is 0 Å². The van der Waals surface area contributed by atoms with Crippen molar-refractivity contribution in [1.29, 1.82) is 0 Å². The molecule has 2 fully saturated rings. The van der Waals surface area contributed by atoms with Crippen LogP contribution in [0, 0.1) is 29.4 Å². The Hall–Kier alpha value is -1.18. The molecule has 0 unspecified atom stereocenters. The number of benzene rings is 1. The summed E-state index contributed by atoms with van der Waals surface area (Å²) < 4.78 is 26.5. The molecule has 0 aromatic heterocycles. The molecular weight excluding hydrogens is 290 g/mol. The Balaban J connectivity index is 1.51. The van der Waals surface area contributed by atoms with Gasteiger partial charge in [-0.05, 0) is 99.7 Å². The van der Waals surface area contributed by atoms with E-state index in [0.29, 0.717) is 5.92 Å². The molecule has 1 aromatic rings. The second-order valence-electron chi connectivity index (χ2n) is 7.49. The van der Waals surface area contributed by atoms with Gasteiger partial charge in [0.2, 0.25) is 0 Å². The van der Waals surface area contributed by atoms with E-state index < -0.39 is 11.6 Å². The zero-order valence-electron chi connectivity index (χ0n) is 14.1. The number of rotatable bonds is 3. The zero-order chi connectivity index (χ0) is 16.2. The van der Waals surface area contributed by atoms with Crippen LogP contribution >= 0.6 is 0 Å². The van der Waals surface area contributed by atoms with E-state index in [1.165, 1.54) is 50.7 Å². The summed E-state index contributed by atoms with van der Waals surface area (Å²) >= 11 is 0. The van der Waals surface area contributed by atoms with Crippen LogP contribution in [0.15, 0.2) is 30.4 Å². The lowest BCUT2D eigenvalue weighted by Gasteiger charge is -2.37. The van der Waals surface area contributed by atoms with E-state index in [4.69, 9.17) is 0 Å². The van der Waals surface area contributed by atoms with Crippen LogP contribution in [0.1, 0.15) is 69.8 Å². The Morgan fingerprint density at radius 3 is 2.00 bits per heavy atom. The van der Waals surface area contributed by atoms with E-state index in [9.17, 15) is 8.78 Å². The first-order valence-electron chi connectivity index (χ1n) is 9.25. The minimum Gasteiger partial charge on any atom is -0.204 e. The van der Waals surface area contributed by atoms with Crippen LogP contribution in [-0.4, -0.2) is 0 Å². The van der Waals surface area contributed by atoms with E-state index in [0.717, 1.165) is 36.2 Å². The highest BCUT2D eigenvalue weighted by atomic mass is 19.2. The molecule has 0 heterocycles. The highest BCUT2D eigenvalue weighted by Crippen LogP contribution is 2.44. The van der Waals surface area contributed by atoms with Gasteiger partial charge in [-0.25, -0.2) is 8.78 Å². The molecule has 0 bridgehead atoms. The molecule has 126 valence electrons. The molecule has 1 aromatic carbocycles. The Morgan fingerprint density at radius 1 is 0.826 bits per heavy atom. The zero-order valence-corrected chi connectivity index (χ0v) is 14.1. The third kappa shape index (κ3) is 4.02. The minimum absolute atomic E-state index is 0.417. The normalized spacial score (nSPS) is 32.3. The van der Waals surface area contributed by atoms with Crippen molar-refractivity contribution in [2.75, 3.05) is 0 Å². The van der Waals surface area contributed by atoms with E-state index in [-0.39, 0.29) is 0 Å². The van der Waals surface area contributed by atoms with Crippen molar-refractivity contribution >= 4 is 0 Å². The first-order valence-corrected chi connectivity index (χ1v) is 9.25. The third-order valence-corrected chi connectivity index (χ3v) is 6.13. The Bertz CT molecular complexity index is 533. The van der Waals surface area contributed by atoms with Crippen molar-refractivity contribution in [2.24, 2.45) is 17.8 Å². The summed E-state index contributed by atoms with van der Waals surface area (Å²) in [6.07, 6.45) is 14.8. The Labute approximate surface area is 139 Å². The average molecular weight is 318 g/mol. The summed E-state index contributed by atoms with van der Waals surface area (Å²) in [4.78, 5) is 0. The molecule has 0 nitrogen and oxygen atoms in total. The largest absolute Gasteiger partial charge is 0.204 e. The fraction of sp³-hybridized carbons (Fsp3) is 0.619. The second kappa shape index (κ2) is 7.59. The van der Waals surface area contributed by atoms with Gasteiger partial charge in [0.25, 0.3) is 0 Å². The van der Waals surface area contributed by atoms with Crippen molar-refractivity contribution in [1.82, 2.24) is 0 Å². The topological polar surface area (TPSA) is 0 Å². The predicted octanol–water partition coefficient (Wildman–Crippen LogP) is 6.62. The first kappa shape index (κ1) is 16.7. The number of hydrogen-bond acceptors (Lipinski definition) is 0. The summed E-state index contributed by atoms with van der Waals surface area (Å²) in [6.45, 7) is 2.12. The molecule has 2 heteroatoms. The lowest BCUT2D eigenvalue weighted by molar-refractivity contribution is 0.171. The first-order chi connectivity index (χ1) is 11.2. The molecule has 0 aliphatic heterocycles. The van der Waals surface area contributed by atoms with Gasteiger partial charge in [0, 0.05) is 0 Å². The maximum atomic E-state index is 13.4. The third-order valence-electron chi connectivity index (χ3n) is 6.13. The van der Waals surface area contributed by atoms with Gasteiger partial charge in [0.05, 0.1) is 0 Å². The van der Waals surface area contributed by atoms with E-state index in [1.54, 1.807) is 6.07 Å². The van der Waals surface area contributed by atoms with Gasteiger partial charge in [-0.15, -0.1) is 0 Å². The van der Waals surface area contributed by atoms with Gasteiger partial charge in [-0.3, -0.25) is 0 Å². The molecule has 0 amide bonds. The van der Waals surface area contributed by atoms with Gasteiger partial charge in [-0.2, -0.15) is 0 Å². The molecule has 0 radical (unpaired) electrons. The van der Waals surface area contributed by atoms with Crippen LogP contribution in [0.3, 0.4) is 0 Å². The molecule has 2 saturated carbocycles. The van der Waals surface area contributed by atoms with Crippen molar-refractivity contribution in [3.05, 3.63) is 47.5 Å². The maximum Gasteiger partial charge on any atom is 0.159 e. The molecule has 0 N–H and O–H groups in total. The van der Waals surface area contributed by atoms with E-state index >= 15 is 0 Å². The molecule has 2 aliphatic rings. The van der Waals surface area contributed by atoms with Crippen LogP contribution in [0.5, 0.6) is 0 Å². The number of halogens is 2. The Kier molecular flexibility index (Phi) is 5.50. The van der Waals surface area contributed by atoms with Crippen molar-refractivity contribution in [2.45, 2.75) is 64.2 Å². The summed E-state index contributed by atoms with van der Waals surface area (Å²) in [7, 11) is 0. The van der Waals surface area contributed by atoms with Crippen LogP contribution in [-0.2, 0) is 0 Å². The lowest BCUT2D eigenvalue weighted by Crippen LogP contribution is -2.25. The lowest BCUT2D eigenvalue weighted by atomic mass is 9.68.